The summed E-state index contributed by atoms with van der Waals surface area (Å²) in [6, 6.07) is 5.68. The summed E-state index contributed by atoms with van der Waals surface area (Å²) < 4.78 is 12.4. The van der Waals surface area contributed by atoms with Gasteiger partial charge in [-0.05, 0) is 38.5 Å². The van der Waals surface area contributed by atoms with Crippen LogP contribution in [0.3, 0.4) is 0 Å². The molecular weight excluding hydrogens is 342 g/mol. The van der Waals surface area contributed by atoms with Gasteiger partial charge in [0.1, 0.15) is 5.75 Å². The maximum absolute atomic E-state index is 6.11. The second kappa shape index (κ2) is 7.64. The van der Waals surface area contributed by atoms with Crippen molar-refractivity contribution < 1.29 is 9.47 Å². The summed E-state index contributed by atoms with van der Waals surface area (Å²) in [6.07, 6.45) is 1.63. The minimum Gasteiger partial charge on any atom is -0.492 e. The summed E-state index contributed by atoms with van der Waals surface area (Å²) in [4.78, 5) is 2.44. The van der Waals surface area contributed by atoms with E-state index in [-0.39, 0.29) is 0 Å². The molecule has 0 N–H and O–H groups in total. The first-order chi connectivity index (χ1) is 9.54. The van der Waals surface area contributed by atoms with Gasteiger partial charge in [-0.3, -0.25) is 4.90 Å². The van der Waals surface area contributed by atoms with Crippen molar-refractivity contribution in [2.45, 2.75) is 32.5 Å². The Balaban J connectivity index is 1.71. The molecule has 0 aliphatic carbocycles. The number of hydrogen-bond acceptors (Lipinski definition) is 3. The minimum absolute atomic E-state index is 0.320. The number of hydrogen-bond donors (Lipinski definition) is 0. The van der Waals surface area contributed by atoms with Crippen molar-refractivity contribution in [2.24, 2.45) is 0 Å². The van der Waals surface area contributed by atoms with E-state index in [4.69, 9.17) is 21.1 Å². The largest absolute Gasteiger partial charge is 0.492 e. The van der Waals surface area contributed by atoms with Gasteiger partial charge in [-0.1, -0.05) is 27.5 Å². The van der Waals surface area contributed by atoms with Crippen LogP contribution in [0.5, 0.6) is 5.75 Å². The third kappa shape index (κ3) is 4.92. The van der Waals surface area contributed by atoms with Gasteiger partial charge in [0.05, 0.1) is 23.8 Å². The molecule has 1 aliphatic heterocycles. The summed E-state index contributed by atoms with van der Waals surface area (Å²) in [6.45, 7) is 7.97. The monoisotopic (exact) mass is 361 g/mol. The molecule has 2 rings (SSSR count). The maximum Gasteiger partial charge on any atom is 0.137 e. The molecule has 1 saturated heterocycles. The second-order valence-electron chi connectivity index (χ2n) is 5.29. The van der Waals surface area contributed by atoms with E-state index in [0.29, 0.717) is 23.8 Å². The maximum atomic E-state index is 6.11. The Bertz CT molecular complexity index is 434. The van der Waals surface area contributed by atoms with E-state index in [1.54, 1.807) is 0 Å². The lowest BCUT2D eigenvalue weighted by Crippen LogP contribution is -2.45. The first kappa shape index (κ1) is 16.1. The van der Waals surface area contributed by atoms with Crippen LogP contribution in [0.25, 0.3) is 0 Å². The van der Waals surface area contributed by atoms with E-state index in [2.05, 4.69) is 34.7 Å². The van der Waals surface area contributed by atoms with Gasteiger partial charge in [0, 0.05) is 24.1 Å². The normalized spacial score (nSPS) is 23.8. The molecule has 112 valence electrons. The van der Waals surface area contributed by atoms with Gasteiger partial charge in [0.15, 0.2) is 0 Å². The van der Waals surface area contributed by atoms with Crippen LogP contribution in [-0.2, 0) is 4.74 Å². The van der Waals surface area contributed by atoms with Crippen LogP contribution >= 0.6 is 27.5 Å². The molecule has 0 radical (unpaired) electrons. The summed E-state index contributed by atoms with van der Waals surface area (Å²) in [5, 5.41) is 0.646. The van der Waals surface area contributed by atoms with Crippen molar-refractivity contribution in [3.63, 3.8) is 0 Å². The van der Waals surface area contributed by atoms with Crippen molar-refractivity contribution in [3.05, 3.63) is 27.7 Å². The summed E-state index contributed by atoms with van der Waals surface area (Å²) >= 11 is 9.50. The summed E-state index contributed by atoms with van der Waals surface area (Å²) in [5.41, 5.74) is 0. The molecule has 1 heterocycles. The molecule has 0 spiro atoms. The minimum atomic E-state index is 0.320. The Morgan fingerprint density at radius 1 is 1.35 bits per heavy atom. The number of ether oxygens (including phenoxy) is 2. The quantitative estimate of drug-likeness (QED) is 0.740. The molecule has 1 aromatic rings. The third-order valence-corrected chi connectivity index (χ3v) is 4.05. The number of rotatable bonds is 5. The van der Waals surface area contributed by atoms with E-state index in [0.717, 1.165) is 36.3 Å². The Hall–Kier alpha value is -0.290. The number of nitrogens with zero attached hydrogens (tertiary/aromatic N) is 1. The summed E-state index contributed by atoms with van der Waals surface area (Å²) in [7, 11) is 0. The van der Waals surface area contributed by atoms with E-state index in [9.17, 15) is 0 Å². The molecule has 0 bridgehead atoms. The number of morpholine rings is 1. The third-order valence-electron chi connectivity index (χ3n) is 3.27. The smallest absolute Gasteiger partial charge is 0.137 e. The molecular formula is C15H21BrClNO2. The Labute approximate surface area is 134 Å². The molecule has 0 aromatic heterocycles. The first-order valence-corrected chi connectivity index (χ1v) is 8.17. The molecule has 1 aliphatic rings. The van der Waals surface area contributed by atoms with Gasteiger partial charge in [0.2, 0.25) is 0 Å². The Morgan fingerprint density at radius 2 is 2.05 bits per heavy atom. The van der Waals surface area contributed by atoms with Gasteiger partial charge < -0.3 is 9.47 Å². The fraction of sp³-hybridized carbons (Fsp3) is 0.600. The Morgan fingerprint density at radius 3 is 2.70 bits per heavy atom. The van der Waals surface area contributed by atoms with Gasteiger partial charge in [-0.25, -0.2) is 0 Å². The molecule has 0 amide bonds. The van der Waals surface area contributed by atoms with Crippen LogP contribution in [0.4, 0.5) is 0 Å². The van der Waals surface area contributed by atoms with Crippen LogP contribution in [0.2, 0.25) is 5.02 Å². The SMILES string of the molecule is C[C@@H]1CN(CCCOc2ccc(Br)cc2Cl)C[C@H](C)O1. The van der Waals surface area contributed by atoms with E-state index in [1.165, 1.54) is 0 Å². The van der Waals surface area contributed by atoms with Crippen molar-refractivity contribution in [1.29, 1.82) is 0 Å². The van der Waals surface area contributed by atoms with E-state index >= 15 is 0 Å². The number of benzene rings is 1. The average Bonchev–Trinajstić information content (AvgIpc) is 2.35. The molecule has 0 unspecified atom stereocenters. The van der Waals surface area contributed by atoms with Crippen LogP contribution in [0, 0.1) is 0 Å². The fourth-order valence-electron chi connectivity index (χ4n) is 2.53. The van der Waals surface area contributed by atoms with Crippen molar-refractivity contribution in [3.8, 4) is 5.75 Å². The highest BCUT2D eigenvalue weighted by molar-refractivity contribution is 9.10. The van der Waals surface area contributed by atoms with Gasteiger partial charge in [-0.15, -0.1) is 0 Å². The topological polar surface area (TPSA) is 21.7 Å². The Kier molecular flexibility index (Phi) is 6.15. The van der Waals surface area contributed by atoms with Crippen molar-refractivity contribution >= 4 is 27.5 Å². The summed E-state index contributed by atoms with van der Waals surface area (Å²) in [5.74, 6) is 0.749. The highest BCUT2D eigenvalue weighted by Gasteiger charge is 2.21. The lowest BCUT2D eigenvalue weighted by molar-refractivity contribution is -0.0686. The van der Waals surface area contributed by atoms with Gasteiger partial charge in [-0.2, -0.15) is 0 Å². The van der Waals surface area contributed by atoms with Crippen LogP contribution in [0.15, 0.2) is 22.7 Å². The average molecular weight is 363 g/mol. The number of halogens is 2. The standard InChI is InChI=1S/C15H21BrClNO2/c1-11-9-18(10-12(2)20-11)6-3-7-19-15-5-4-13(16)8-14(15)17/h4-5,8,11-12H,3,6-7,9-10H2,1-2H3/t11-,12+. The van der Waals surface area contributed by atoms with Crippen LogP contribution in [0.1, 0.15) is 20.3 Å². The zero-order chi connectivity index (χ0) is 14.5. The van der Waals surface area contributed by atoms with Gasteiger partial charge in [0.25, 0.3) is 0 Å². The fourth-order valence-corrected chi connectivity index (χ4v) is 3.26. The van der Waals surface area contributed by atoms with E-state index < -0.39 is 0 Å². The lowest BCUT2D eigenvalue weighted by Gasteiger charge is -2.35. The van der Waals surface area contributed by atoms with Crippen molar-refractivity contribution in [1.82, 2.24) is 4.90 Å². The van der Waals surface area contributed by atoms with Crippen LogP contribution < -0.4 is 4.74 Å². The molecule has 0 saturated carbocycles. The van der Waals surface area contributed by atoms with Crippen molar-refractivity contribution in [2.75, 3.05) is 26.2 Å². The predicted octanol–water partition coefficient (Wildman–Crippen LogP) is 3.98. The van der Waals surface area contributed by atoms with E-state index in [1.807, 2.05) is 18.2 Å². The first-order valence-electron chi connectivity index (χ1n) is 7.00. The zero-order valence-electron chi connectivity index (χ0n) is 11.9. The molecule has 20 heavy (non-hydrogen) atoms. The highest BCUT2D eigenvalue weighted by Crippen LogP contribution is 2.27. The second-order valence-corrected chi connectivity index (χ2v) is 6.62. The van der Waals surface area contributed by atoms with Crippen LogP contribution in [-0.4, -0.2) is 43.3 Å². The molecule has 3 nitrogen and oxygen atoms in total. The molecule has 1 aromatic carbocycles. The molecule has 2 atom stereocenters. The van der Waals surface area contributed by atoms with Gasteiger partial charge >= 0.3 is 0 Å². The lowest BCUT2D eigenvalue weighted by atomic mass is 10.2. The zero-order valence-corrected chi connectivity index (χ0v) is 14.3. The predicted molar refractivity (Wildman–Crippen MR) is 85.7 cm³/mol. The molecule has 1 fully saturated rings. The molecule has 5 heteroatoms. The highest BCUT2D eigenvalue weighted by atomic mass is 79.9.